The monoisotopic (exact) mass is 282 g/mol. The van der Waals surface area contributed by atoms with Crippen molar-refractivity contribution in [2.75, 3.05) is 26.0 Å². The molecule has 21 heavy (non-hydrogen) atoms. The molecule has 3 rings (SSSR count). The summed E-state index contributed by atoms with van der Waals surface area (Å²) in [5, 5.41) is 3.51. The highest BCUT2D eigenvalue weighted by Crippen LogP contribution is 2.27. The molecule has 3 heteroatoms. The van der Waals surface area contributed by atoms with Gasteiger partial charge in [0.2, 0.25) is 0 Å². The van der Waals surface area contributed by atoms with Gasteiger partial charge >= 0.3 is 0 Å². The van der Waals surface area contributed by atoms with E-state index >= 15 is 0 Å². The highest BCUT2D eigenvalue weighted by molar-refractivity contribution is 5.61. The molecule has 0 aromatic heterocycles. The number of benzene rings is 2. The van der Waals surface area contributed by atoms with Crippen molar-refractivity contribution in [1.82, 2.24) is 4.90 Å². The number of methoxy groups -OCH3 is 1. The fraction of sp³-hybridized carbons (Fsp3) is 0.333. The molecule has 1 N–H and O–H groups in total. The lowest BCUT2D eigenvalue weighted by atomic mass is 10.1. The van der Waals surface area contributed by atoms with E-state index in [0.29, 0.717) is 0 Å². The number of nitrogens with one attached hydrogen (secondary N) is 1. The summed E-state index contributed by atoms with van der Waals surface area (Å²) in [5.41, 5.74) is 5.49. The van der Waals surface area contributed by atoms with Crippen LogP contribution in [0.15, 0.2) is 42.5 Å². The molecular weight excluding hydrogens is 260 g/mol. The van der Waals surface area contributed by atoms with Crippen LogP contribution in [-0.4, -0.2) is 25.6 Å². The van der Waals surface area contributed by atoms with E-state index in [-0.39, 0.29) is 0 Å². The van der Waals surface area contributed by atoms with Gasteiger partial charge in [-0.05, 0) is 42.3 Å². The molecular formula is C18H22N2O. The zero-order valence-electron chi connectivity index (χ0n) is 12.7. The third-order valence-corrected chi connectivity index (χ3v) is 3.98. The molecule has 1 aliphatic rings. The second-order valence-electron chi connectivity index (χ2n) is 5.65. The summed E-state index contributed by atoms with van der Waals surface area (Å²) in [7, 11) is 3.86. The molecule has 1 heterocycles. The molecule has 2 aromatic rings. The summed E-state index contributed by atoms with van der Waals surface area (Å²) < 4.78 is 5.20. The molecule has 0 saturated heterocycles. The molecule has 0 fully saturated rings. The smallest absolute Gasteiger partial charge is 0.118 e. The molecule has 0 radical (unpaired) electrons. The van der Waals surface area contributed by atoms with E-state index in [9.17, 15) is 0 Å². The van der Waals surface area contributed by atoms with E-state index in [0.717, 1.165) is 31.8 Å². The van der Waals surface area contributed by atoms with Crippen LogP contribution in [0.25, 0.3) is 0 Å². The molecule has 0 aliphatic carbocycles. The standard InChI is InChI=1S/C18H22N2O/c1-20(12-14-6-8-17(21-2)9-7-14)13-16-5-3-4-15-10-11-19-18(15)16/h3-9,19H,10-13H2,1-2H3. The van der Waals surface area contributed by atoms with Gasteiger partial charge in [-0.15, -0.1) is 0 Å². The van der Waals surface area contributed by atoms with Gasteiger partial charge < -0.3 is 10.1 Å². The van der Waals surface area contributed by atoms with Crippen molar-refractivity contribution in [2.45, 2.75) is 19.5 Å². The molecule has 0 unspecified atom stereocenters. The first-order valence-corrected chi connectivity index (χ1v) is 7.42. The lowest BCUT2D eigenvalue weighted by Gasteiger charge is -2.19. The highest BCUT2D eigenvalue weighted by atomic mass is 16.5. The van der Waals surface area contributed by atoms with E-state index < -0.39 is 0 Å². The van der Waals surface area contributed by atoms with Gasteiger partial charge in [0.05, 0.1) is 7.11 Å². The van der Waals surface area contributed by atoms with Gasteiger partial charge in [0.1, 0.15) is 5.75 Å². The predicted octanol–water partition coefficient (Wildman–Crippen LogP) is 3.30. The van der Waals surface area contributed by atoms with Crippen molar-refractivity contribution in [3.63, 3.8) is 0 Å². The second kappa shape index (κ2) is 6.19. The Kier molecular flexibility index (Phi) is 4.11. The van der Waals surface area contributed by atoms with Crippen LogP contribution in [0.1, 0.15) is 16.7 Å². The first kappa shape index (κ1) is 14.0. The lowest BCUT2D eigenvalue weighted by molar-refractivity contribution is 0.319. The van der Waals surface area contributed by atoms with Crippen LogP contribution in [0.2, 0.25) is 0 Å². The normalized spacial score (nSPS) is 13.1. The van der Waals surface area contributed by atoms with E-state index in [1.165, 1.54) is 22.4 Å². The third-order valence-electron chi connectivity index (χ3n) is 3.98. The van der Waals surface area contributed by atoms with Crippen molar-refractivity contribution in [3.05, 3.63) is 59.2 Å². The van der Waals surface area contributed by atoms with Crippen LogP contribution in [-0.2, 0) is 19.5 Å². The molecule has 0 amide bonds. The number of nitrogens with zero attached hydrogens (tertiary/aromatic N) is 1. The number of para-hydroxylation sites is 1. The van der Waals surface area contributed by atoms with Crippen LogP contribution >= 0.6 is 0 Å². The van der Waals surface area contributed by atoms with Crippen LogP contribution in [0.4, 0.5) is 5.69 Å². The van der Waals surface area contributed by atoms with Gasteiger partial charge in [-0.1, -0.05) is 30.3 Å². The molecule has 1 aliphatic heterocycles. The van der Waals surface area contributed by atoms with Crippen molar-refractivity contribution in [3.8, 4) is 5.75 Å². The first-order valence-electron chi connectivity index (χ1n) is 7.42. The third kappa shape index (κ3) is 3.19. The number of hydrogen-bond acceptors (Lipinski definition) is 3. The van der Waals surface area contributed by atoms with Gasteiger partial charge in [-0.2, -0.15) is 0 Å². The lowest BCUT2D eigenvalue weighted by Crippen LogP contribution is -2.18. The minimum atomic E-state index is 0.909. The van der Waals surface area contributed by atoms with E-state index in [1.807, 2.05) is 12.1 Å². The van der Waals surface area contributed by atoms with Gasteiger partial charge in [-0.25, -0.2) is 0 Å². The number of hydrogen-bond donors (Lipinski definition) is 1. The number of anilines is 1. The molecule has 2 aromatic carbocycles. The summed E-state index contributed by atoms with van der Waals surface area (Å²) in [6.07, 6.45) is 1.14. The second-order valence-corrected chi connectivity index (χ2v) is 5.65. The minimum absolute atomic E-state index is 0.909. The van der Waals surface area contributed by atoms with Crippen molar-refractivity contribution in [2.24, 2.45) is 0 Å². The maximum atomic E-state index is 5.20. The fourth-order valence-electron chi connectivity index (χ4n) is 2.93. The van der Waals surface area contributed by atoms with Crippen molar-refractivity contribution >= 4 is 5.69 Å². The van der Waals surface area contributed by atoms with E-state index in [2.05, 4.69) is 47.6 Å². The van der Waals surface area contributed by atoms with Gasteiger partial charge in [-0.3, -0.25) is 4.90 Å². The zero-order valence-corrected chi connectivity index (χ0v) is 12.7. The Labute approximate surface area is 126 Å². The summed E-state index contributed by atoms with van der Waals surface area (Å²) in [6.45, 7) is 2.96. The van der Waals surface area contributed by atoms with Gasteiger partial charge in [0.15, 0.2) is 0 Å². The summed E-state index contributed by atoms with van der Waals surface area (Å²) in [4.78, 5) is 2.34. The number of fused-ring (bicyclic) bond motifs is 1. The molecule has 0 saturated carbocycles. The summed E-state index contributed by atoms with van der Waals surface area (Å²) >= 11 is 0. The Hall–Kier alpha value is -2.00. The SMILES string of the molecule is COc1ccc(CN(C)Cc2cccc3c2NCC3)cc1. The van der Waals surface area contributed by atoms with Crippen LogP contribution in [0, 0.1) is 0 Å². The number of ether oxygens (including phenoxy) is 1. The summed E-state index contributed by atoms with van der Waals surface area (Å²) in [5.74, 6) is 0.909. The maximum Gasteiger partial charge on any atom is 0.118 e. The topological polar surface area (TPSA) is 24.5 Å². The van der Waals surface area contributed by atoms with E-state index in [1.54, 1.807) is 7.11 Å². The fourth-order valence-corrected chi connectivity index (χ4v) is 2.93. The quantitative estimate of drug-likeness (QED) is 0.910. The molecule has 0 bridgehead atoms. The van der Waals surface area contributed by atoms with Crippen LogP contribution in [0.5, 0.6) is 5.75 Å². The van der Waals surface area contributed by atoms with E-state index in [4.69, 9.17) is 4.74 Å². The van der Waals surface area contributed by atoms with Gasteiger partial charge in [0, 0.05) is 25.3 Å². The summed E-state index contributed by atoms with van der Waals surface area (Å²) in [6, 6.07) is 14.9. The number of rotatable bonds is 5. The molecule has 110 valence electrons. The first-order chi connectivity index (χ1) is 10.3. The maximum absolute atomic E-state index is 5.20. The Bertz CT molecular complexity index is 607. The molecule has 0 atom stereocenters. The molecule has 0 spiro atoms. The Balaban J connectivity index is 1.66. The van der Waals surface area contributed by atoms with Crippen LogP contribution in [0.3, 0.4) is 0 Å². The predicted molar refractivity (Wildman–Crippen MR) is 86.8 cm³/mol. The van der Waals surface area contributed by atoms with Crippen molar-refractivity contribution < 1.29 is 4.74 Å². The Morgan fingerprint density at radius 1 is 1.10 bits per heavy atom. The largest absolute Gasteiger partial charge is 0.497 e. The Morgan fingerprint density at radius 2 is 1.90 bits per heavy atom. The molecule has 3 nitrogen and oxygen atoms in total. The van der Waals surface area contributed by atoms with Crippen LogP contribution < -0.4 is 10.1 Å². The Morgan fingerprint density at radius 3 is 2.67 bits per heavy atom. The highest BCUT2D eigenvalue weighted by Gasteiger charge is 2.14. The average Bonchev–Trinajstić information content (AvgIpc) is 2.97. The zero-order chi connectivity index (χ0) is 14.7. The average molecular weight is 282 g/mol. The minimum Gasteiger partial charge on any atom is -0.497 e. The van der Waals surface area contributed by atoms with Crippen molar-refractivity contribution in [1.29, 1.82) is 0 Å². The van der Waals surface area contributed by atoms with Gasteiger partial charge in [0.25, 0.3) is 0 Å².